The predicted molar refractivity (Wildman–Crippen MR) is 137 cm³/mol. The van der Waals surface area contributed by atoms with Crippen molar-refractivity contribution in [1.29, 1.82) is 0 Å². The lowest BCUT2D eigenvalue weighted by atomic mass is 10.1. The molecule has 1 aliphatic rings. The molecule has 1 saturated heterocycles. The zero-order valence-corrected chi connectivity index (χ0v) is 20.5. The highest BCUT2D eigenvalue weighted by Crippen LogP contribution is 2.27. The van der Waals surface area contributed by atoms with Crippen LogP contribution in [0, 0.1) is 12.8 Å². The second kappa shape index (κ2) is 10.5. The number of carbonyl (C=O) groups is 2. The van der Waals surface area contributed by atoms with Gasteiger partial charge in [-0.3, -0.25) is 9.59 Å². The van der Waals surface area contributed by atoms with E-state index in [1.807, 2.05) is 55.5 Å². The van der Waals surface area contributed by atoms with Crippen LogP contribution >= 0.6 is 0 Å². The van der Waals surface area contributed by atoms with E-state index in [-0.39, 0.29) is 24.8 Å². The minimum atomic E-state index is -0.437. The number of aromatic nitrogens is 2. The van der Waals surface area contributed by atoms with E-state index in [1.54, 1.807) is 36.3 Å². The predicted octanol–water partition coefficient (Wildman–Crippen LogP) is 4.62. The minimum absolute atomic E-state index is 0.0605. The third-order valence-corrected chi connectivity index (χ3v) is 6.11. The van der Waals surface area contributed by atoms with Crippen LogP contribution in [-0.4, -0.2) is 35.7 Å². The van der Waals surface area contributed by atoms with Gasteiger partial charge in [0.15, 0.2) is 6.61 Å². The Morgan fingerprint density at radius 1 is 1.05 bits per heavy atom. The van der Waals surface area contributed by atoms with Crippen LogP contribution in [0.25, 0.3) is 11.5 Å². The van der Waals surface area contributed by atoms with Crippen LogP contribution in [0.5, 0.6) is 11.5 Å². The number of nitrogens with one attached hydrogen (secondary N) is 1. The maximum Gasteiger partial charge on any atom is 0.254 e. The number of anilines is 2. The van der Waals surface area contributed by atoms with E-state index in [0.717, 1.165) is 22.6 Å². The Kier molecular flexibility index (Phi) is 6.85. The molecule has 1 unspecified atom stereocenters. The van der Waals surface area contributed by atoms with E-state index < -0.39 is 5.92 Å². The van der Waals surface area contributed by atoms with Crippen molar-refractivity contribution in [1.82, 2.24) is 10.2 Å². The Morgan fingerprint density at radius 2 is 1.84 bits per heavy atom. The molecule has 9 heteroatoms. The monoisotopic (exact) mass is 498 g/mol. The largest absolute Gasteiger partial charge is 0.497 e. The summed E-state index contributed by atoms with van der Waals surface area (Å²) in [4.78, 5) is 27.1. The lowest BCUT2D eigenvalue weighted by Gasteiger charge is -2.17. The number of ether oxygens (including phenoxy) is 2. The van der Waals surface area contributed by atoms with Crippen molar-refractivity contribution in [3.63, 3.8) is 0 Å². The van der Waals surface area contributed by atoms with Crippen molar-refractivity contribution in [2.75, 3.05) is 23.9 Å². The molecule has 1 aliphatic heterocycles. The summed E-state index contributed by atoms with van der Waals surface area (Å²) in [5.74, 6) is 1.27. The molecule has 0 aliphatic carbocycles. The van der Waals surface area contributed by atoms with E-state index in [4.69, 9.17) is 13.9 Å². The Bertz CT molecular complexity index is 1400. The fraction of sp³-hybridized carbons (Fsp3) is 0.214. The first-order valence-electron chi connectivity index (χ1n) is 11.9. The molecule has 5 rings (SSSR count). The van der Waals surface area contributed by atoms with Crippen LogP contribution in [0.15, 0.2) is 77.2 Å². The molecule has 9 nitrogen and oxygen atoms in total. The van der Waals surface area contributed by atoms with Crippen LogP contribution in [-0.2, 0) is 16.2 Å². The van der Waals surface area contributed by atoms with Crippen LogP contribution in [0.4, 0.5) is 11.4 Å². The maximum atomic E-state index is 12.9. The number of hydrogen-bond donors (Lipinski definition) is 1. The van der Waals surface area contributed by atoms with E-state index in [2.05, 4.69) is 15.5 Å². The molecular formula is C28H26N4O5. The summed E-state index contributed by atoms with van der Waals surface area (Å²) in [5.41, 5.74) is 3.27. The summed E-state index contributed by atoms with van der Waals surface area (Å²) in [6.45, 7) is 2.41. The van der Waals surface area contributed by atoms with Crippen LogP contribution in [0.1, 0.15) is 17.9 Å². The number of nitrogens with zero attached hydrogens (tertiary/aromatic N) is 3. The van der Waals surface area contributed by atoms with Gasteiger partial charge in [0.1, 0.15) is 11.5 Å². The summed E-state index contributed by atoms with van der Waals surface area (Å²) >= 11 is 0. The average molecular weight is 499 g/mol. The first-order valence-corrected chi connectivity index (χ1v) is 11.9. The lowest BCUT2D eigenvalue weighted by Crippen LogP contribution is -2.28. The first-order chi connectivity index (χ1) is 18.0. The highest BCUT2D eigenvalue weighted by atomic mass is 16.5. The Labute approximate surface area is 214 Å². The fourth-order valence-corrected chi connectivity index (χ4v) is 4.07. The number of rotatable bonds is 8. The molecular weight excluding hydrogens is 472 g/mol. The van der Waals surface area contributed by atoms with Crippen LogP contribution in [0.2, 0.25) is 0 Å². The van der Waals surface area contributed by atoms with Gasteiger partial charge in [-0.15, -0.1) is 10.2 Å². The molecule has 2 amide bonds. The molecule has 4 aromatic rings. The van der Waals surface area contributed by atoms with Gasteiger partial charge in [0, 0.05) is 36.0 Å². The molecule has 1 N–H and O–H groups in total. The number of carbonyl (C=O) groups excluding carboxylic acids is 2. The topological polar surface area (TPSA) is 107 Å². The third-order valence-electron chi connectivity index (χ3n) is 6.11. The molecule has 0 bridgehead atoms. The van der Waals surface area contributed by atoms with Gasteiger partial charge in [-0.2, -0.15) is 0 Å². The van der Waals surface area contributed by atoms with Gasteiger partial charge in [0.2, 0.25) is 17.7 Å². The van der Waals surface area contributed by atoms with Crippen molar-refractivity contribution >= 4 is 23.2 Å². The van der Waals surface area contributed by atoms with Crippen LogP contribution in [0.3, 0.4) is 0 Å². The summed E-state index contributed by atoms with van der Waals surface area (Å²) < 4.78 is 16.7. The highest BCUT2D eigenvalue weighted by molar-refractivity contribution is 6.03. The number of benzene rings is 3. The summed E-state index contributed by atoms with van der Waals surface area (Å²) in [5, 5.41) is 11.0. The fourth-order valence-electron chi connectivity index (χ4n) is 4.07. The number of amides is 2. The number of aryl methyl sites for hydroxylation is 1. The molecule has 2 heterocycles. The third kappa shape index (κ3) is 5.61. The molecule has 0 saturated carbocycles. The highest BCUT2D eigenvalue weighted by Gasteiger charge is 2.35. The molecule has 1 fully saturated rings. The van der Waals surface area contributed by atoms with Crippen molar-refractivity contribution in [3.8, 4) is 23.0 Å². The van der Waals surface area contributed by atoms with Crippen molar-refractivity contribution < 1.29 is 23.5 Å². The normalized spacial score (nSPS) is 15.0. The zero-order chi connectivity index (χ0) is 25.8. The Balaban J connectivity index is 1.17. The van der Waals surface area contributed by atoms with Gasteiger partial charge in [-0.25, -0.2) is 0 Å². The summed E-state index contributed by atoms with van der Waals surface area (Å²) in [6.07, 6.45) is 0.170. The van der Waals surface area contributed by atoms with Gasteiger partial charge in [-0.05, 0) is 55.5 Å². The Morgan fingerprint density at radius 3 is 2.59 bits per heavy atom. The van der Waals surface area contributed by atoms with Crippen molar-refractivity contribution in [3.05, 3.63) is 84.3 Å². The van der Waals surface area contributed by atoms with E-state index >= 15 is 0 Å². The lowest BCUT2D eigenvalue weighted by molar-refractivity contribution is -0.122. The van der Waals surface area contributed by atoms with Crippen molar-refractivity contribution in [2.45, 2.75) is 20.0 Å². The number of hydrogen-bond acceptors (Lipinski definition) is 7. The molecule has 3 aromatic carbocycles. The van der Waals surface area contributed by atoms with E-state index in [9.17, 15) is 9.59 Å². The number of methoxy groups -OCH3 is 1. The molecule has 1 atom stereocenters. The van der Waals surface area contributed by atoms with E-state index in [0.29, 0.717) is 29.8 Å². The molecule has 37 heavy (non-hydrogen) atoms. The smallest absolute Gasteiger partial charge is 0.254 e. The van der Waals surface area contributed by atoms with Gasteiger partial charge in [-0.1, -0.05) is 23.8 Å². The molecule has 0 radical (unpaired) electrons. The van der Waals surface area contributed by atoms with Gasteiger partial charge in [0.05, 0.1) is 13.0 Å². The standard InChI is InChI=1S/C28H26N4O5/c1-18-6-10-22(11-7-18)32-16-20(14-26(32)33)27(34)29-21-4-3-5-24(15-21)36-17-25-30-31-28(37-25)19-8-12-23(35-2)13-9-19/h3-13,15,20H,14,16-17H2,1-2H3,(H,29,34). The quantitative estimate of drug-likeness (QED) is 0.378. The minimum Gasteiger partial charge on any atom is -0.497 e. The Hall–Kier alpha value is -4.66. The molecule has 0 spiro atoms. The van der Waals surface area contributed by atoms with Gasteiger partial charge >= 0.3 is 0 Å². The van der Waals surface area contributed by atoms with Crippen LogP contribution < -0.4 is 19.7 Å². The van der Waals surface area contributed by atoms with Gasteiger partial charge in [0.25, 0.3) is 5.89 Å². The second-order valence-corrected chi connectivity index (χ2v) is 8.78. The first kappa shape index (κ1) is 24.1. The SMILES string of the molecule is COc1ccc(-c2nnc(COc3cccc(NC(=O)C4CC(=O)N(c5ccc(C)cc5)C4)c3)o2)cc1. The van der Waals surface area contributed by atoms with Gasteiger partial charge < -0.3 is 24.1 Å². The van der Waals surface area contributed by atoms with Crippen molar-refractivity contribution in [2.24, 2.45) is 5.92 Å². The maximum absolute atomic E-state index is 12.9. The molecule has 1 aromatic heterocycles. The molecule has 188 valence electrons. The second-order valence-electron chi connectivity index (χ2n) is 8.78. The summed E-state index contributed by atoms with van der Waals surface area (Å²) in [7, 11) is 1.60. The summed E-state index contributed by atoms with van der Waals surface area (Å²) in [6, 6.07) is 22.0. The van der Waals surface area contributed by atoms with E-state index in [1.165, 1.54) is 0 Å². The zero-order valence-electron chi connectivity index (χ0n) is 20.5. The average Bonchev–Trinajstić information content (AvgIpc) is 3.55.